The first-order valence-corrected chi connectivity index (χ1v) is 5.76. The first-order valence-electron chi connectivity index (χ1n) is 4.84. The minimum Gasteiger partial charge on any atom is -0.271 e. The summed E-state index contributed by atoms with van der Waals surface area (Å²) >= 11 is 3.35. The van der Waals surface area contributed by atoms with Gasteiger partial charge in [-0.3, -0.25) is 4.79 Å². The zero-order valence-corrected chi connectivity index (χ0v) is 9.94. The molecule has 1 aliphatic rings. The van der Waals surface area contributed by atoms with Gasteiger partial charge in [-0.1, -0.05) is 41.1 Å². The molecule has 0 N–H and O–H groups in total. The smallest absolute Gasteiger partial charge is 0.267 e. The van der Waals surface area contributed by atoms with E-state index in [9.17, 15) is 4.79 Å². The third-order valence-electron chi connectivity index (χ3n) is 2.31. The number of benzene rings is 1. The van der Waals surface area contributed by atoms with Crippen LogP contribution >= 0.6 is 15.9 Å². The number of para-hydroxylation sites is 1. The fraction of sp³-hybridized carbons (Fsp3) is 0.273. The number of hydrogen-bond acceptors (Lipinski definition) is 2. The van der Waals surface area contributed by atoms with Gasteiger partial charge in [-0.15, -0.1) is 0 Å². The summed E-state index contributed by atoms with van der Waals surface area (Å²) in [5.41, 5.74) is 1.69. The molecule has 4 heteroatoms. The van der Waals surface area contributed by atoms with Crippen molar-refractivity contribution in [1.29, 1.82) is 0 Å². The van der Waals surface area contributed by atoms with Gasteiger partial charge in [-0.25, -0.2) is 0 Å². The Labute approximate surface area is 96.9 Å². The van der Waals surface area contributed by atoms with E-state index in [0.717, 1.165) is 17.8 Å². The van der Waals surface area contributed by atoms with Crippen LogP contribution in [0.25, 0.3) is 0 Å². The molecule has 1 heterocycles. The van der Waals surface area contributed by atoms with Crippen LogP contribution in [0.2, 0.25) is 0 Å². The van der Waals surface area contributed by atoms with E-state index in [1.54, 1.807) is 0 Å². The molecule has 0 saturated carbocycles. The summed E-state index contributed by atoms with van der Waals surface area (Å²) in [4.78, 5) is 11.6. The van der Waals surface area contributed by atoms with Gasteiger partial charge in [0.05, 0.1) is 11.4 Å². The first kappa shape index (κ1) is 10.4. The number of hydrazone groups is 1. The average molecular weight is 267 g/mol. The van der Waals surface area contributed by atoms with Crippen LogP contribution in [0.1, 0.15) is 13.3 Å². The van der Waals surface area contributed by atoms with Crippen molar-refractivity contribution in [3.63, 3.8) is 0 Å². The number of carbonyl (C=O) groups excluding carboxylic acids is 1. The Morgan fingerprint density at radius 3 is 2.60 bits per heavy atom. The molecular weight excluding hydrogens is 256 g/mol. The molecule has 1 aliphatic heterocycles. The third kappa shape index (κ3) is 1.81. The van der Waals surface area contributed by atoms with E-state index in [2.05, 4.69) is 21.0 Å². The number of nitrogens with zero attached hydrogens (tertiary/aromatic N) is 2. The van der Waals surface area contributed by atoms with E-state index in [1.165, 1.54) is 5.01 Å². The monoisotopic (exact) mass is 266 g/mol. The standard InChI is InChI=1S/C11H11BrN2O/c1-2-9-10(12)11(15)14(13-9)8-6-4-3-5-7-8/h3-7,10H,2H2,1H3/t10-/m1/s1. The van der Waals surface area contributed by atoms with Gasteiger partial charge >= 0.3 is 0 Å². The predicted molar refractivity (Wildman–Crippen MR) is 64.4 cm³/mol. The Balaban J connectivity index is 2.33. The SMILES string of the molecule is CCC1=NN(c2ccccc2)C(=O)[C@@H]1Br. The van der Waals surface area contributed by atoms with E-state index in [4.69, 9.17) is 0 Å². The number of halogens is 1. The maximum atomic E-state index is 11.8. The van der Waals surface area contributed by atoms with Crippen molar-refractivity contribution in [2.24, 2.45) is 5.10 Å². The maximum Gasteiger partial charge on any atom is 0.267 e. The van der Waals surface area contributed by atoms with Crippen LogP contribution in [-0.4, -0.2) is 16.4 Å². The number of anilines is 1. The lowest BCUT2D eigenvalue weighted by Gasteiger charge is -2.11. The molecule has 0 fully saturated rings. The minimum absolute atomic E-state index is 0.0157. The summed E-state index contributed by atoms with van der Waals surface area (Å²) in [7, 11) is 0. The van der Waals surface area contributed by atoms with Crippen molar-refractivity contribution < 1.29 is 4.79 Å². The lowest BCUT2D eigenvalue weighted by atomic mass is 10.2. The molecule has 0 aromatic heterocycles. The van der Waals surface area contributed by atoms with Crippen molar-refractivity contribution in [1.82, 2.24) is 0 Å². The Kier molecular flexibility index (Phi) is 2.86. The van der Waals surface area contributed by atoms with Crippen LogP contribution in [0.5, 0.6) is 0 Å². The molecule has 1 aromatic carbocycles. The molecule has 1 aromatic rings. The van der Waals surface area contributed by atoms with E-state index < -0.39 is 0 Å². The molecule has 0 aliphatic carbocycles. The van der Waals surface area contributed by atoms with Gasteiger partial charge in [0, 0.05) is 0 Å². The first-order chi connectivity index (χ1) is 7.24. The molecule has 0 saturated heterocycles. The molecule has 78 valence electrons. The third-order valence-corrected chi connectivity index (χ3v) is 3.23. The van der Waals surface area contributed by atoms with Crippen molar-refractivity contribution in [3.8, 4) is 0 Å². The fourth-order valence-electron chi connectivity index (χ4n) is 1.48. The molecule has 0 unspecified atom stereocenters. The Morgan fingerprint density at radius 2 is 2.07 bits per heavy atom. The molecule has 2 rings (SSSR count). The van der Waals surface area contributed by atoms with Crippen LogP contribution in [0.4, 0.5) is 5.69 Å². The second kappa shape index (κ2) is 4.14. The molecule has 0 spiro atoms. The Morgan fingerprint density at radius 1 is 1.40 bits per heavy atom. The van der Waals surface area contributed by atoms with Crippen molar-refractivity contribution in [2.75, 3.05) is 5.01 Å². The van der Waals surface area contributed by atoms with Gasteiger partial charge in [0.2, 0.25) is 0 Å². The second-order valence-corrected chi connectivity index (χ2v) is 4.21. The van der Waals surface area contributed by atoms with Crippen molar-refractivity contribution >= 4 is 33.2 Å². The highest BCUT2D eigenvalue weighted by Crippen LogP contribution is 2.24. The van der Waals surface area contributed by atoms with Crippen molar-refractivity contribution in [3.05, 3.63) is 30.3 Å². The highest BCUT2D eigenvalue weighted by atomic mass is 79.9. The quantitative estimate of drug-likeness (QED) is 0.758. The lowest BCUT2D eigenvalue weighted by molar-refractivity contribution is -0.116. The topological polar surface area (TPSA) is 32.7 Å². The van der Waals surface area contributed by atoms with Crippen LogP contribution in [0, 0.1) is 0 Å². The maximum absolute atomic E-state index is 11.8. The number of hydrogen-bond donors (Lipinski definition) is 0. The molecule has 0 radical (unpaired) electrons. The lowest BCUT2D eigenvalue weighted by Crippen LogP contribution is -2.27. The molecule has 0 bridgehead atoms. The largest absolute Gasteiger partial charge is 0.271 e. The fourth-order valence-corrected chi connectivity index (χ4v) is 2.09. The van der Waals surface area contributed by atoms with Crippen LogP contribution in [0.3, 0.4) is 0 Å². The number of rotatable bonds is 2. The average Bonchev–Trinajstić information content (AvgIpc) is 2.57. The minimum atomic E-state index is -0.261. The second-order valence-electron chi connectivity index (χ2n) is 3.29. The molecule has 15 heavy (non-hydrogen) atoms. The van der Waals surface area contributed by atoms with E-state index in [1.807, 2.05) is 37.3 Å². The number of alkyl halides is 1. The van der Waals surface area contributed by atoms with Gasteiger partial charge in [0.1, 0.15) is 4.83 Å². The van der Waals surface area contributed by atoms with Crippen LogP contribution in [0.15, 0.2) is 35.4 Å². The summed E-state index contributed by atoms with van der Waals surface area (Å²) in [6.45, 7) is 1.99. The number of carbonyl (C=O) groups is 1. The summed E-state index contributed by atoms with van der Waals surface area (Å²) in [5.74, 6) is -0.0157. The Bertz CT molecular complexity index is 402. The van der Waals surface area contributed by atoms with E-state index >= 15 is 0 Å². The molecular formula is C11H11BrN2O. The highest BCUT2D eigenvalue weighted by Gasteiger charge is 2.33. The zero-order chi connectivity index (χ0) is 10.8. The van der Waals surface area contributed by atoms with Crippen LogP contribution in [-0.2, 0) is 4.79 Å². The van der Waals surface area contributed by atoms with Gasteiger partial charge in [0.25, 0.3) is 5.91 Å². The number of amides is 1. The molecule has 3 nitrogen and oxygen atoms in total. The van der Waals surface area contributed by atoms with E-state index in [-0.39, 0.29) is 10.7 Å². The molecule has 1 amide bonds. The van der Waals surface area contributed by atoms with Gasteiger partial charge in [-0.2, -0.15) is 10.1 Å². The van der Waals surface area contributed by atoms with Crippen LogP contribution < -0.4 is 5.01 Å². The highest BCUT2D eigenvalue weighted by molar-refractivity contribution is 9.10. The van der Waals surface area contributed by atoms with Gasteiger partial charge < -0.3 is 0 Å². The summed E-state index contributed by atoms with van der Waals surface area (Å²) in [5, 5.41) is 5.75. The zero-order valence-electron chi connectivity index (χ0n) is 8.35. The summed E-state index contributed by atoms with van der Waals surface area (Å²) in [6, 6.07) is 9.45. The van der Waals surface area contributed by atoms with Gasteiger partial charge in [0.15, 0.2) is 0 Å². The Hall–Kier alpha value is -1.16. The summed E-state index contributed by atoms with van der Waals surface area (Å²) < 4.78 is 0. The predicted octanol–water partition coefficient (Wildman–Crippen LogP) is 2.56. The van der Waals surface area contributed by atoms with E-state index in [0.29, 0.717) is 0 Å². The van der Waals surface area contributed by atoms with Gasteiger partial charge in [-0.05, 0) is 18.6 Å². The molecule has 1 atom stereocenters. The summed E-state index contributed by atoms with van der Waals surface area (Å²) in [6.07, 6.45) is 0.783. The van der Waals surface area contributed by atoms with Crippen molar-refractivity contribution in [2.45, 2.75) is 18.2 Å². The normalized spacial score (nSPS) is 20.7.